The zero-order valence-electron chi connectivity index (χ0n) is 9.93. The lowest BCUT2D eigenvalue weighted by molar-refractivity contribution is 0.0406. The second-order valence-corrected chi connectivity index (χ2v) is 5.06. The van der Waals surface area contributed by atoms with Crippen molar-refractivity contribution >= 4 is 6.09 Å². The highest BCUT2D eigenvalue weighted by Crippen LogP contribution is 2.35. The first kappa shape index (κ1) is 11.0. The molecule has 1 fully saturated rings. The van der Waals surface area contributed by atoms with Gasteiger partial charge in [0.05, 0.1) is 6.04 Å². The van der Waals surface area contributed by atoms with Crippen LogP contribution in [0.4, 0.5) is 4.79 Å². The van der Waals surface area contributed by atoms with Crippen molar-refractivity contribution in [1.29, 1.82) is 0 Å². The van der Waals surface area contributed by atoms with Crippen LogP contribution in [-0.2, 0) is 4.74 Å². The summed E-state index contributed by atoms with van der Waals surface area (Å²) in [7, 11) is 0. The first-order valence-electron chi connectivity index (χ1n) is 5.52. The first-order chi connectivity index (χ1) is 7.47. The minimum Gasteiger partial charge on any atom is -0.444 e. The van der Waals surface area contributed by atoms with E-state index in [2.05, 4.69) is 0 Å². The molecule has 3 heteroatoms. The third kappa shape index (κ3) is 2.54. The van der Waals surface area contributed by atoms with Crippen molar-refractivity contribution in [2.45, 2.75) is 32.4 Å². The van der Waals surface area contributed by atoms with Crippen LogP contribution in [0.15, 0.2) is 30.3 Å². The minimum atomic E-state index is -0.416. The molecular formula is C13H17NO2. The fourth-order valence-corrected chi connectivity index (χ4v) is 1.62. The molecule has 86 valence electrons. The SMILES string of the molecule is CC(C)(C)OC(=O)N1C[C@@H]1c1ccccc1. The fourth-order valence-electron chi connectivity index (χ4n) is 1.62. The van der Waals surface area contributed by atoms with E-state index in [1.165, 1.54) is 5.56 Å². The molecule has 1 saturated heterocycles. The van der Waals surface area contributed by atoms with E-state index in [4.69, 9.17) is 4.74 Å². The smallest absolute Gasteiger partial charge is 0.410 e. The molecule has 0 aliphatic carbocycles. The molecule has 1 aromatic rings. The molecule has 1 amide bonds. The van der Waals surface area contributed by atoms with Crippen LogP contribution in [0.5, 0.6) is 0 Å². The maximum Gasteiger partial charge on any atom is 0.410 e. The molecule has 2 rings (SSSR count). The average molecular weight is 219 g/mol. The van der Waals surface area contributed by atoms with Crippen LogP contribution < -0.4 is 0 Å². The van der Waals surface area contributed by atoms with Gasteiger partial charge in [-0.1, -0.05) is 30.3 Å². The van der Waals surface area contributed by atoms with Gasteiger partial charge in [-0.3, -0.25) is 4.90 Å². The van der Waals surface area contributed by atoms with Gasteiger partial charge in [0.15, 0.2) is 0 Å². The minimum absolute atomic E-state index is 0.205. The first-order valence-corrected chi connectivity index (χ1v) is 5.52. The number of amides is 1. The van der Waals surface area contributed by atoms with Crippen molar-refractivity contribution in [3.8, 4) is 0 Å². The van der Waals surface area contributed by atoms with E-state index in [0.29, 0.717) is 0 Å². The summed E-state index contributed by atoms with van der Waals surface area (Å²) >= 11 is 0. The number of benzene rings is 1. The lowest BCUT2D eigenvalue weighted by Gasteiger charge is -2.19. The van der Waals surface area contributed by atoms with Crippen molar-refractivity contribution in [2.24, 2.45) is 0 Å². The number of ether oxygens (including phenoxy) is 1. The molecule has 0 unspecified atom stereocenters. The number of hydrogen-bond acceptors (Lipinski definition) is 2. The highest BCUT2D eigenvalue weighted by molar-refractivity contribution is 5.72. The molecule has 0 radical (unpaired) electrons. The van der Waals surface area contributed by atoms with Gasteiger partial charge in [-0.05, 0) is 26.3 Å². The summed E-state index contributed by atoms with van der Waals surface area (Å²) in [5.41, 5.74) is 0.759. The largest absolute Gasteiger partial charge is 0.444 e. The molecule has 0 spiro atoms. The van der Waals surface area contributed by atoms with Gasteiger partial charge < -0.3 is 4.74 Å². The predicted molar refractivity (Wildman–Crippen MR) is 62.1 cm³/mol. The van der Waals surface area contributed by atoms with Gasteiger partial charge in [-0.2, -0.15) is 0 Å². The molecule has 1 aliphatic rings. The van der Waals surface area contributed by atoms with Crippen LogP contribution in [0.1, 0.15) is 32.4 Å². The van der Waals surface area contributed by atoms with Gasteiger partial charge in [0.25, 0.3) is 0 Å². The Balaban J connectivity index is 1.95. The highest BCUT2D eigenvalue weighted by atomic mass is 16.6. The van der Waals surface area contributed by atoms with Crippen LogP contribution in [0.3, 0.4) is 0 Å². The lowest BCUT2D eigenvalue weighted by atomic mass is 10.2. The number of carbonyl (C=O) groups is 1. The Labute approximate surface area is 96.0 Å². The Morgan fingerprint density at radius 3 is 2.50 bits per heavy atom. The Kier molecular flexibility index (Phi) is 2.62. The monoisotopic (exact) mass is 219 g/mol. The van der Waals surface area contributed by atoms with E-state index in [-0.39, 0.29) is 12.1 Å². The summed E-state index contributed by atoms with van der Waals surface area (Å²) in [6.07, 6.45) is -0.221. The molecule has 1 aliphatic heterocycles. The zero-order chi connectivity index (χ0) is 11.8. The Bertz CT molecular complexity index is 381. The molecule has 1 heterocycles. The van der Waals surface area contributed by atoms with Crippen LogP contribution in [0, 0.1) is 0 Å². The Morgan fingerprint density at radius 1 is 1.31 bits per heavy atom. The summed E-state index contributed by atoms with van der Waals surface area (Å²) in [5, 5.41) is 0. The second-order valence-electron chi connectivity index (χ2n) is 5.06. The number of carbonyl (C=O) groups excluding carboxylic acids is 1. The summed E-state index contributed by atoms with van der Waals surface area (Å²) < 4.78 is 5.30. The van der Waals surface area contributed by atoms with Crippen LogP contribution in [-0.4, -0.2) is 23.1 Å². The van der Waals surface area contributed by atoms with E-state index in [9.17, 15) is 4.79 Å². The molecule has 0 aromatic heterocycles. The van der Waals surface area contributed by atoms with Gasteiger partial charge in [0, 0.05) is 6.54 Å². The number of hydrogen-bond donors (Lipinski definition) is 0. The third-order valence-electron chi connectivity index (χ3n) is 2.42. The van der Waals surface area contributed by atoms with Crippen molar-refractivity contribution in [2.75, 3.05) is 6.54 Å². The van der Waals surface area contributed by atoms with E-state index in [0.717, 1.165) is 6.54 Å². The zero-order valence-corrected chi connectivity index (χ0v) is 9.93. The summed E-state index contributed by atoms with van der Waals surface area (Å²) in [4.78, 5) is 13.4. The molecule has 1 aromatic carbocycles. The summed E-state index contributed by atoms with van der Waals surface area (Å²) in [6, 6.07) is 10.2. The van der Waals surface area contributed by atoms with Gasteiger partial charge >= 0.3 is 6.09 Å². The Hall–Kier alpha value is -1.51. The molecular weight excluding hydrogens is 202 g/mol. The van der Waals surface area contributed by atoms with Gasteiger partial charge in [0.1, 0.15) is 5.60 Å². The number of rotatable bonds is 1. The highest BCUT2D eigenvalue weighted by Gasteiger charge is 2.41. The average Bonchev–Trinajstić information content (AvgIpc) is 2.96. The molecule has 0 bridgehead atoms. The maximum atomic E-state index is 11.7. The van der Waals surface area contributed by atoms with E-state index in [1.807, 2.05) is 51.1 Å². The van der Waals surface area contributed by atoms with Crippen LogP contribution in [0.2, 0.25) is 0 Å². The van der Waals surface area contributed by atoms with Crippen molar-refractivity contribution in [3.63, 3.8) is 0 Å². The third-order valence-corrected chi connectivity index (χ3v) is 2.42. The lowest BCUT2D eigenvalue weighted by Crippen LogP contribution is -2.27. The molecule has 3 nitrogen and oxygen atoms in total. The van der Waals surface area contributed by atoms with Crippen LogP contribution >= 0.6 is 0 Å². The van der Waals surface area contributed by atoms with E-state index in [1.54, 1.807) is 4.90 Å². The van der Waals surface area contributed by atoms with Gasteiger partial charge in [-0.25, -0.2) is 4.79 Å². The van der Waals surface area contributed by atoms with Crippen molar-refractivity contribution in [1.82, 2.24) is 4.90 Å². The normalized spacial score (nSPS) is 19.4. The van der Waals surface area contributed by atoms with Gasteiger partial charge in [0.2, 0.25) is 0 Å². The van der Waals surface area contributed by atoms with E-state index >= 15 is 0 Å². The van der Waals surface area contributed by atoms with Gasteiger partial charge in [-0.15, -0.1) is 0 Å². The Morgan fingerprint density at radius 2 is 1.94 bits per heavy atom. The predicted octanol–water partition coefficient (Wildman–Crippen LogP) is 2.98. The molecule has 0 N–H and O–H groups in total. The molecule has 1 atom stereocenters. The second kappa shape index (κ2) is 3.81. The summed E-state index contributed by atoms with van der Waals surface area (Å²) in [5.74, 6) is 0. The molecule has 16 heavy (non-hydrogen) atoms. The topological polar surface area (TPSA) is 29.3 Å². The maximum absolute atomic E-state index is 11.7. The van der Waals surface area contributed by atoms with Crippen molar-refractivity contribution in [3.05, 3.63) is 35.9 Å². The van der Waals surface area contributed by atoms with Crippen molar-refractivity contribution < 1.29 is 9.53 Å². The number of nitrogens with zero attached hydrogens (tertiary/aromatic N) is 1. The quantitative estimate of drug-likeness (QED) is 0.679. The fraction of sp³-hybridized carbons (Fsp3) is 0.462. The van der Waals surface area contributed by atoms with E-state index < -0.39 is 5.60 Å². The molecule has 0 saturated carbocycles. The summed E-state index contributed by atoms with van der Waals surface area (Å²) in [6.45, 7) is 6.41. The van der Waals surface area contributed by atoms with Crippen LogP contribution in [0.25, 0.3) is 0 Å². The standard InChI is InChI=1S/C13H17NO2/c1-13(2,3)16-12(15)14-9-11(14)10-7-5-4-6-8-10/h4-8,11H,9H2,1-3H3/t11-,14?/m1/s1.